The molecule has 0 aliphatic rings. The fourth-order valence-electron chi connectivity index (χ4n) is 1.34. The van der Waals surface area contributed by atoms with Crippen LogP contribution < -0.4 is 5.73 Å². The minimum Gasteiger partial charge on any atom is -0.402 e. The van der Waals surface area contributed by atoms with E-state index in [0.29, 0.717) is 12.1 Å². The van der Waals surface area contributed by atoms with Crippen LogP contribution in [0.25, 0.3) is 5.57 Å². The van der Waals surface area contributed by atoms with Gasteiger partial charge in [-0.3, -0.25) is 0 Å². The van der Waals surface area contributed by atoms with Crippen molar-refractivity contribution in [2.75, 3.05) is 0 Å². The second-order valence-corrected chi connectivity index (χ2v) is 3.49. The maximum Gasteiger partial charge on any atom is 0.00465 e. The zero-order valence-electron chi connectivity index (χ0n) is 9.39. The van der Waals surface area contributed by atoms with Crippen molar-refractivity contribution in [3.63, 3.8) is 0 Å². The van der Waals surface area contributed by atoms with E-state index in [1.165, 1.54) is 5.56 Å². The SMILES string of the molecule is C=C/C=C(\C=C/CC(=C)N)c1ccccc1. The topological polar surface area (TPSA) is 26.0 Å². The van der Waals surface area contributed by atoms with Crippen molar-refractivity contribution in [1.82, 2.24) is 0 Å². The van der Waals surface area contributed by atoms with E-state index < -0.39 is 0 Å². The summed E-state index contributed by atoms with van der Waals surface area (Å²) in [5, 5.41) is 0. The third-order valence-electron chi connectivity index (χ3n) is 2.08. The van der Waals surface area contributed by atoms with Gasteiger partial charge in [-0.1, -0.05) is 67.8 Å². The van der Waals surface area contributed by atoms with E-state index in [1.807, 2.05) is 36.4 Å². The predicted molar refractivity (Wildman–Crippen MR) is 71.7 cm³/mol. The van der Waals surface area contributed by atoms with E-state index >= 15 is 0 Å². The third kappa shape index (κ3) is 4.01. The molecule has 82 valence electrons. The Labute approximate surface area is 97.3 Å². The molecule has 0 heterocycles. The van der Waals surface area contributed by atoms with Crippen LogP contribution in [0, 0.1) is 0 Å². The standard InChI is InChI=1S/C15H17N/c1-3-8-14(12-7-9-13(2)16)15-10-5-4-6-11-15/h3-8,10-12H,1-2,9,16H2/b12-7-,14-8+. The van der Waals surface area contributed by atoms with Gasteiger partial charge in [-0.05, 0) is 11.1 Å². The molecule has 1 heteroatoms. The van der Waals surface area contributed by atoms with E-state index in [4.69, 9.17) is 5.73 Å². The van der Waals surface area contributed by atoms with Crippen LogP contribution in [0.1, 0.15) is 12.0 Å². The predicted octanol–water partition coefficient (Wildman–Crippen LogP) is 3.67. The highest BCUT2D eigenvalue weighted by Crippen LogP contribution is 2.16. The highest BCUT2D eigenvalue weighted by molar-refractivity contribution is 5.75. The molecular formula is C15H17N. The molecule has 1 aromatic carbocycles. The summed E-state index contributed by atoms with van der Waals surface area (Å²) < 4.78 is 0. The fraction of sp³-hybridized carbons (Fsp3) is 0.0667. The molecule has 0 radical (unpaired) electrons. The van der Waals surface area contributed by atoms with Gasteiger partial charge >= 0.3 is 0 Å². The van der Waals surface area contributed by atoms with Crippen LogP contribution in [0.4, 0.5) is 0 Å². The smallest absolute Gasteiger partial charge is 0.00465 e. The third-order valence-corrected chi connectivity index (χ3v) is 2.08. The summed E-state index contributed by atoms with van der Waals surface area (Å²) in [6.07, 6.45) is 8.50. The Hall–Kier alpha value is -2.02. The first-order chi connectivity index (χ1) is 7.74. The number of nitrogens with two attached hydrogens (primary N) is 1. The average Bonchev–Trinajstić information content (AvgIpc) is 2.29. The Morgan fingerprint density at radius 2 is 1.94 bits per heavy atom. The number of benzene rings is 1. The molecule has 0 bridgehead atoms. The maximum atomic E-state index is 5.51. The molecule has 0 unspecified atom stereocenters. The molecule has 0 amide bonds. The molecular weight excluding hydrogens is 194 g/mol. The van der Waals surface area contributed by atoms with Crippen LogP contribution in [-0.4, -0.2) is 0 Å². The van der Waals surface area contributed by atoms with Gasteiger partial charge in [0.2, 0.25) is 0 Å². The van der Waals surface area contributed by atoms with Crippen molar-refractivity contribution in [3.05, 3.63) is 79.1 Å². The fourth-order valence-corrected chi connectivity index (χ4v) is 1.34. The van der Waals surface area contributed by atoms with Crippen LogP contribution in [0.2, 0.25) is 0 Å². The quantitative estimate of drug-likeness (QED) is 0.739. The Morgan fingerprint density at radius 1 is 1.25 bits per heavy atom. The summed E-state index contributed by atoms with van der Waals surface area (Å²) in [5.74, 6) is 0. The molecule has 0 fully saturated rings. The van der Waals surface area contributed by atoms with Crippen LogP contribution in [0.15, 0.2) is 73.5 Å². The zero-order chi connectivity index (χ0) is 11.8. The second-order valence-electron chi connectivity index (χ2n) is 3.49. The van der Waals surface area contributed by atoms with Gasteiger partial charge in [-0.2, -0.15) is 0 Å². The Kier molecular flexibility index (Phi) is 4.87. The highest BCUT2D eigenvalue weighted by atomic mass is 14.5. The number of allylic oxidation sites excluding steroid dienone is 5. The van der Waals surface area contributed by atoms with Gasteiger partial charge in [0.25, 0.3) is 0 Å². The first kappa shape index (κ1) is 12.1. The summed E-state index contributed by atoms with van der Waals surface area (Å²) in [5.41, 5.74) is 8.46. The summed E-state index contributed by atoms with van der Waals surface area (Å²) in [7, 11) is 0. The van der Waals surface area contributed by atoms with Crippen LogP contribution >= 0.6 is 0 Å². The molecule has 0 spiro atoms. The molecule has 0 aromatic heterocycles. The second kappa shape index (κ2) is 6.46. The van der Waals surface area contributed by atoms with E-state index in [2.05, 4.69) is 25.3 Å². The van der Waals surface area contributed by atoms with Gasteiger partial charge in [-0.15, -0.1) is 0 Å². The summed E-state index contributed by atoms with van der Waals surface area (Å²) in [6.45, 7) is 7.37. The Balaban J connectivity index is 2.85. The number of hydrogen-bond donors (Lipinski definition) is 1. The van der Waals surface area contributed by atoms with E-state index in [0.717, 1.165) is 5.57 Å². The van der Waals surface area contributed by atoms with Gasteiger partial charge in [0.15, 0.2) is 0 Å². The average molecular weight is 211 g/mol. The molecule has 0 aliphatic heterocycles. The largest absolute Gasteiger partial charge is 0.402 e. The first-order valence-electron chi connectivity index (χ1n) is 5.22. The summed E-state index contributed by atoms with van der Waals surface area (Å²) in [6, 6.07) is 10.2. The Morgan fingerprint density at radius 3 is 2.50 bits per heavy atom. The molecule has 0 saturated heterocycles. The van der Waals surface area contributed by atoms with Crippen molar-refractivity contribution in [2.45, 2.75) is 6.42 Å². The van der Waals surface area contributed by atoms with Crippen LogP contribution in [0.5, 0.6) is 0 Å². The van der Waals surface area contributed by atoms with Crippen LogP contribution in [-0.2, 0) is 0 Å². The van der Waals surface area contributed by atoms with Gasteiger partial charge in [0, 0.05) is 12.1 Å². The number of hydrogen-bond acceptors (Lipinski definition) is 1. The lowest BCUT2D eigenvalue weighted by Gasteiger charge is -2.01. The highest BCUT2D eigenvalue weighted by Gasteiger charge is 1.94. The summed E-state index contributed by atoms with van der Waals surface area (Å²) >= 11 is 0. The summed E-state index contributed by atoms with van der Waals surface area (Å²) in [4.78, 5) is 0. The molecule has 1 aromatic rings. The van der Waals surface area contributed by atoms with E-state index in [1.54, 1.807) is 6.08 Å². The molecule has 1 rings (SSSR count). The lowest BCUT2D eigenvalue weighted by Crippen LogP contribution is -1.91. The van der Waals surface area contributed by atoms with Gasteiger partial charge in [0.1, 0.15) is 0 Å². The Bertz CT molecular complexity index is 410. The van der Waals surface area contributed by atoms with Crippen molar-refractivity contribution in [3.8, 4) is 0 Å². The minimum atomic E-state index is 0.669. The minimum absolute atomic E-state index is 0.669. The van der Waals surface area contributed by atoms with E-state index in [-0.39, 0.29) is 0 Å². The van der Waals surface area contributed by atoms with Gasteiger partial charge in [-0.25, -0.2) is 0 Å². The molecule has 1 nitrogen and oxygen atoms in total. The number of rotatable bonds is 5. The zero-order valence-corrected chi connectivity index (χ0v) is 9.39. The molecule has 0 aliphatic carbocycles. The molecule has 16 heavy (non-hydrogen) atoms. The normalized spacial score (nSPS) is 11.6. The first-order valence-corrected chi connectivity index (χ1v) is 5.22. The van der Waals surface area contributed by atoms with Crippen molar-refractivity contribution < 1.29 is 0 Å². The van der Waals surface area contributed by atoms with Crippen molar-refractivity contribution >= 4 is 5.57 Å². The van der Waals surface area contributed by atoms with Crippen molar-refractivity contribution in [1.29, 1.82) is 0 Å². The van der Waals surface area contributed by atoms with Crippen molar-refractivity contribution in [2.24, 2.45) is 5.73 Å². The van der Waals surface area contributed by atoms with Gasteiger partial charge < -0.3 is 5.73 Å². The molecule has 0 saturated carbocycles. The molecule has 2 N–H and O–H groups in total. The van der Waals surface area contributed by atoms with E-state index in [9.17, 15) is 0 Å². The lowest BCUT2D eigenvalue weighted by molar-refractivity contribution is 1.18. The lowest BCUT2D eigenvalue weighted by atomic mass is 10.0. The van der Waals surface area contributed by atoms with Crippen LogP contribution in [0.3, 0.4) is 0 Å². The van der Waals surface area contributed by atoms with Gasteiger partial charge in [0.05, 0.1) is 0 Å². The molecule has 0 atom stereocenters. The maximum absolute atomic E-state index is 5.51. The monoisotopic (exact) mass is 211 g/mol.